The van der Waals surface area contributed by atoms with E-state index >= 15 is 0 Å². The second-order valence-corrected chi connectivity index (χ2v) is 9.58. The number of carbonyl (C=O) groups is 1. The van der Waals surface area contributed by atoms with Crippen molar-refractivity contribution in [2.75, 3.05) is 19.5 Å². The number of fused-ring (bicyclic) bond motifs is 1. The summed E-state index contributed by atoms with van der Waals surface area (Å²) in [6.07, 6.45) is 1.30. The van der Waals surface area contributed by atoms with Crippen molar-refractivity contribution in [3.63, 3.8) is 0 Å². The van der Waals surface area contributed by atoms with E-state index in [1.54, 1.807) is 14.2 Å². The highest BCUT2D eigenvalue weighted by Gasteiger charge is 2.42. The molecule has 0 spiro atoms. The van der Waals surface area contributed by atoms with Crippen molar-refractivity contribution in [2.45, 2.75) is 39.7 Å². The van der Waals surface area contributed by atoms with E-state index in [4.69, 9.17) is 19.6 Å². The number of ether oxygens (including phenoxy) is 2. The first-order valence-electron chi connectivity index (χ1n) is 11.1. The van der Waals surface area contributed by atoms with Gasteiger partial charge in [0, 0.05) is 29.3 Å². The lowest BCUT2D eigenvalue weighted by atomic mass is 9.73. The Bertz CT molecular complexity index is 1270. The van der Waals surface area contributed by atoms with Crippen LogP contribution >= 0.6 is 0 Å². The maximum absolute atomic E-state index is 13.4. The van der Waals surface area contributed by atoms with Crippen molar-refractivity contribution in [2.24, 2.45) is 5.41 Å². The Morgan fingerprint density at radius 2 is 1.79 bits per heavy atom. The van der Waals surface area contributed by atoms with E-state index in [0.717, 1.165) is 34.4 Å². The number of benzene rings is 2. The normalized spacial score (nSPS) is 18.9. The molecule has 5 rings (SSSR count). The van der Waals surface area contributed by atoms with Gasteiger partial charge < -0.3 is 14.8 Å². The highest BCUT2D eigenvalue weighted by atomic mass is 16.5. The number of hydrogen-bond acceptors (Lipinski definition) is 6. The van der Waals surface area contributed by atoms with E-state index in [1.165, 1.54) is 0 Å². The summed E-state index contributed by atoms with van der Waals surface area (Å²) in [5.41, 5.74) is 4.56. The van der Waals surface area contributed by atoms with E-state index in [2.05, 4.69) is 44.3 Å². The molecule has 0 fully saturated rings. The lowest BCUT2D eigenvalue weighted by Gasteiger charge is -2.38. The van der Waals surface area contributed by atoms with Crippen molar-refractivity contribution >= 4 is 11.7 Å². The Kier molecular flexibility index (Phi) is 5.00. The quantitative estimate of drug-likeness (QED) is 0.615. The molecule has 170 valence electrons. The molecule has 3 aromatic rings. The maximum atomic E-state index is 13.4. The van der Waals surface area contributed by atoms with Gasteiger partial charge in [-0.15, -0.1) is 5.10 Å². The summed E-state index contributed by atoms with van der Waals surface area (Å²) in [5.74, 6) is 2.65. The zero-order chi connectivity index (χ0) is 23.3. The number of ketones is 1. The van der Waals surface area contributed by atoms with E-state index in [-0.39, 0.29) is 17.2 Å². The topological polar surface area (TPSA) is 78.3 Å². The number of nitrogens with zero attached hydrogens (tertiary/aromatic N) is 3. The van der Waals surface area contributed by atoms with Crippen molar-refractivity contribution in [3.05, 3.63) is 64.9 Å². The van der Waals surface area contributed by atoms with Gasteiger partial charge in [0.1, 0.15) is 17.5 Å². The molecule has 2 aliphatic rings. The largest absolute Gasteiger partial charge is 0.497 e. The van der Waals surface area contributed by atoms with E-state index in [1.807, 2.05) is 28.9 Å². The fraction of sp³-hybridized carbons (Fsp3) is 0.346. The number of carbonyl (C=O) groups excluding carboxylic acids is 1. The van der Waals surface area contributed by atoms with Gasteiger partial charge in [-0.2, -0.15) is 4.98 Å². The number of methoxy groups -OCH3 is 2. The van der Waals surface area contributed by atoms with Gasteiger partial charge in [-0.3, -0.25) is 4.79 Å². The van der Waals surface area contributed by atoms with Crippen LogP contribution in [-0.2, 0) is 4.79 Å². The molecule has 0 unspecified atom stereocenters. The van der Waals surface area contributed by atoms with Crippen LogP contribution in [0.3, 0.4) is 0 Å². The Hall–Kier alpha value is -3.61. The van der Waals surface area contributed by atoms with E-state index in [0.29, 0.717) is 29.7 Å². The number of nitrogens with one attached hydrogen (secondary N) is 1. The highest BCUT2D eigenvalue weighted by Crippen LogP contribution is 2.46. The second kappa shape index (κ2) is 7.76. The van der Waals surface area contributed by atoms with Gasteiger partial charge in [-0.25, -0.2) is 4.68 Å². The Morgan fingerprint density at radius 3 is 2.45 bits per heavy atom. The molecule has 1 aliphatic heterocycles. The standard InChI is InChI=1S/C26H28N4O3/c1-15-7-6-8-16(9-15)23-22-20(13-26(2,3)14-21(22)31)27-25-28-24(29-30(23)25)17-10-18(32-4)12-19(11-17)33-5/h6-12,23H,13-14H2,1-5H3,(H,27,28,29)/t23-/m1/s1. The fourth-order valence-corrected chi connectivity index (χ4v) is 4.82. The molecule has 1 aromatic heterocycles. The molecule has 1 N–H and O–H groups in total. The number of rotatable bonds is 4. The van der Waals surface area contributed by atoms with Crippen LogP contribution in [-0.4, -0.2) is 34.8 Å². The molecule has 0 saturated heterocycles. The number of aryl methyl sites for hydroxylation is 1. The van der Waals surface area contributed by atoms with Crippen molar-refractivity contribution < 1.29 is 14.3 Å². The number of aromatic nitrogens is 3. The van der Waals surface area contributed by atoms with Crippen molar-refractivity contribution in [1.82, 2.24) is 14.8 Å². The third-order valence-corrected chi connectivity index (χ3v) is 6.30. The molecule has 0 saturated carbocycles. The van der Waals surface area contributed by atoms with Crippen molar-refractivity contribution in [3.8, 4) is 22.9 Å². The number of hydrogen-bond donors (Lipinski definition) is 1. The van der Waals surface area contributed by atoms with E-state index in [9.17, 15) is 4.79 Å². The number of allylic oxidation sites excluding steroid dienone is 2. The van der Waals surface area contributed by atoms with Crippen LogP contribution in [0.2, 0.25) is 0 Å². The molecule has 2 aromatic carbocycles. The Balaban J connectivity index is 1.68. The lowest BCUT2D eigenvalue weighted by molar-refractivity contribution is -0.118. The van der Waals surface area contributed by atoms with Crippen LogP contribution in [0, 0.1) is 12.3 Å². The molecule has 1 atom stereocenters. The molecular weight excluding hydrogens is 416 g/mol. The van der Waals surface area contributed by atoms with Crippen LogP contribution in [0.1, 0.15) is 43.9 Å². The molecule has 2 heterocycles. The lowest BCUT2D eigenvalue weighted by Crippen LogP contribution is -2.36. The van der Waals surface area contributed by atoms with Crippen LogP contribution in [0.25, 0.3) is 11.4 Å². The van der Waals surface area contributed by atoms with Gasteiger partial charge in [-0.05, 0) is 36.5 Å². The summed E-state index contributed by atoms with van der Waals surface area (Å²) in [5, 5.41) is 8.30. The first-order valence-corrected chi connectivity index (χ1v) is 11.1. The maximum Gasteiger partial charge on any atom is 0.226 e. The molecule has 1 aliphatic carbocycles. The fourth-order valence-electron chi connectivity index (χ4n) is 4.82. The summed E-state index contributed by atoms with van der Waals surface area (Å²) in [4.78, 5) is 18.2. The molecule has 7 heteroatoms. The summed E-state index contributed by atoms with van der Waals surface area (Å²) in [7, 11) is 3.23. The predicted molar refractivity (Wildman–Crippen MR) is 127 cm³/mol. The SMILES string of the molecule is COc1cc(OC)cc(-c2nc3n(n2)[C@H](c2cccc(C)c2)C2=C(CC(C)(C)CC2=O)N3)c1. The Labute approximate surface area is 193 Å². The first kappa shape index (κ1) is 21.2. The zero-order valence-electron chi connectivity index (χ0n) is 19.6. The van der Waals surface area contributed by atoms with E-state index < -0.39 is 0 Å². The molecule has 0 amide bonds. The van der Waals surface area contributed by atoms with Crippen LogP contribution in [0.15, 0.2) is 53.7 Å². The third kappa shape index (κ3) is 3.77. The van der Waals surface area contributed by atoms with Gasteiger partial charge in [0.2, 0.25) is 5.95 Å². The van der Waals surface area contributed by atoms with Crippen LogP contribution in [0.5, 0.6) is 11.5 Å². The number of anilines is 1. The summed E-state index contributed by atoms with van der Waals surface area (Å²) >= 11 is 0. The highest BCUT2D eigenvalue weighted by molar-refractivity contribution is 6.00. The molecular formula is C26H28N4O3. The number of Topliss-reactive ketones (excluding diaryl/α,β-unsaturated/α-hetero) is 1. The Morgan fingerprint density at radius 1 is 1.06 bits per heavy atom. The average molecular weight is 445 g/mol. The minimum atomic E-state index is -0.325. The summed E-state index contributed by atoms with van der Waals surface area (Å²) in [6.45, 7) is 6.32. The van der Waals surface area contributed by atoms with Gasteiger partial charge >= 0.3 is 0 Å². The van der Waals surface area contributed by atoms with Crippen LogP contribution < -0.4 is 14.8 Å². The molecule has 33 heavy (non-hydrogen) atoms. The minimum Gasteiger partial charge on any atom is -0.497 e. The van der Waals surface area contributed by atoms with Gasteiger partial charge in [0.25, 0.3) is 0 Å². The summed E-state index contributed by atoms with van der Waals surface area (Å²) < 4.78 is 12.7. The van der Waals surface area contributed by atoms with Gasteiger partial charge in [-0.1, -0.05) is 43.7 Å². The smallest absolute Gasteiger partial charge is 0.226 e. The predicted octanol–water partition coefficient (Wildman–Crippen LogP) is 4.93. The first-order chi connectivity index (χ1) is 15.8. The van der Waals surface area contributed by atoms with Gasteiger partial charge in [0.05, 0.1) is 14.2 Å². The van der Waals surface area contributed by atoms with Gasteiger partial charge in [0.15, 0.2) is 11.6 Å². The zero-order valence-corrected chi connectivity index (χ0v) is 19.6. The summed E-state index contributed by atoms with van der Waals surface area (Å²) in [6, 6.07) is 13.5. The average Bonchev–Trinajstić information content (AvgIpc) is 3.20. The van der Waals surface area contributed by atoms with Crippen molar-refractivity contribution in [1.29, 1.82) is 0 Å². The second-order valence-electron chi connectivity index (χ2n) is 9.58. The monoisotopic (exact) mass is 444 g/mol. The van der Waals surface area contributed by atoms with Crippen LogP contribution in [0.4, 0.5) is 5.95 Å². The molecule has 7 nitrogen and oxygen atoms in total. The minimum absolute atomic E-state index is 0.106. The third-order valence-electron chi connectivity index (χ3n) is 6.30. The molecule has 0 radical (unpaired) electrons. The molecule has 0 bridgehead atoms.